The molecule has 0 amide bonds. The SMILES string of the molecule is CC(C)OCCN1CCCCC1C(C)N. The zero-order valence-corrected chi connectivity index (χ0v) is 10.4. The van der Waals surface area contributed by atoms with Crippen molar-refractivity contribution in [2.45, 2.75) is 58.2 Å². The Kier molecular flexibility index (Phi) is 5.58. The molecular formula is C12H26N2O. The number of ether oxygens (including phenoxy) is 1. The Labute approximate surface area is 94.0 Å². The lowest BCUT2D eigenvalue weighted by molar-refractivity contribution is 0.0364. The van der Waals surface area contributed by atoms with Crippen LogP contribution in [0.15, 0.2) is 0 Å². The third kappa shape index (κ3) is 4.49. The van der Waals surface area contributed by atoms with E-state index in [4.69, 9.17) is 10.5 Å². The zero-order chi connectivity index (χ0) is 11.3. The van der Waals surface area contributed by atoms with E-state index in [0.717, 1.165) is 13.2 Å². The van der Waals surface area contributed by atoms with Crippen molar-refractivity contribution in [3.63, 3.8) is 0 Å². The smallest absolute Gasteiger partial charge is 0.0597 e. The fraction of sp³-hybridized carbons (Fsp3) is 1.00. The van der Waals surface area contributed by atoms with E-state index in [9.17, 15) is 0 Å². The van der Waals surface area contributed by atoms with Crippen LogP contribution in [0.2, 0.25) is 0 Å². The highest BCUT2D eigenvalue weighted by Gasteiger charge is 2.24. The summed E-state index contributed by atoms with van der Waals surface area (Å²) in [6.45, 7) is 9.34. The molecule has 1 saturated heterocycles. The largest absolute Gasteiger partial charge is 0.377 e. The van der Waals surface area contributed by atoms with Crippen molar-refractivity contribution in [1.29, 1.82) is 0 Å². The summed E-state index contributed by atoms with van der Waals surface area (Å²) in [5, 5.41) is 0. The molecule has 0 aromatic carbocycles. The van der Waals surface area contributed by atoms with Crippen molar-refractivity contribution in [3.05, 3.63) is 0 Å². The van der Waals surface area contributed by atoms with Crippen LogP contribution in [0.25, 0.3) is 0 Å². The Hall–Kier alpha value is -0.120. The fourth-order valence-corrected chi connectivity index (χ4v) is 2.30. The van der Waals surface area contributed by atoms with Crippen LogP contribution in [0.3, 0.4) is 0 Å². The van der Waals surface area contributed by atoms with Gasteiger partial charge in [-0.3, -0.25) is 4.90 Å². The number of hydrogen-bond donors (Lipinski definition) is 1. The van der Waals surface area contributed by atoms with Crippen LogP contribution in [0.5, 0.6) is 0 Å². The van der Waals surface area contributed by atoms with Crippen LogP contribution in [0.1, 0.15) is 40.0 Å². The van der Waals surface area contributed by atoms with Crippen molar-refractivity contribution < 1.29 is 4.74 Å². The lowest BCUT2D eigenvalue weighted by Crippen LogP contribution is -2.50. The molecule has 1 fully saturated rings. The molecule has 0 aromatic rings. The number of likely N-dealkylation sites (tertiary alicyclic amines) is 1. The molecule has 0 radical (unpaired) electrons. The summed E-state index contributed by atoms with van der Waals surface area (Å²) in [6.07, 6.45) is 4.22. The van der Waals surface area contributed by atoms with Gasteiger partial charge in [0.25, 0.3) is 0 Å². The molecule has 2 unspecified atom stereocenters. The monoisotopic (exact) mass is 214 g/mol. The van der Waals surface area contributed by atoms with Crippen molar-refractivity contribution >= 4 is 0 Å². The van der Waals surface area contributed by atoms with Crippen LogP contribution in [0.4, 0.5) is 0 Å². The molecule has 1 aliphatic rings. The van der Waals surface area contributed by atoms with Crippen molar-refractivity contribution in [3.8, 4) is 0 Å². The molecule has 0 aromatic heterocycles. The Morgan fingerprint density at radius 2 is 2.07 bits per heavy atom. The molecule has 1 aliphatic heterocycles. The van der Waals surface area contributed by atoms with Crippen LogP contribution in [-0.4, -0.2) is 42.8 Å². The zero-order valence-electron chi connectivity index (χ0n) is 10.4. The third-order valence-electron chi connectivity index (χ3n) is 3.10. The molecule has 0 spiro atoms. The average molecular weight is 214 g/mol. The first-order valence-electron chi connectivity index (χ1n) is 6.22. The number of piperidine rings is 1. The molecule has 3 heteroatoms. The second-order valence-corrected chi connectivity index (χ2v) is 4.88. The molecule has 0 aliphatic carbocycles. The van der Waals surface area contributed by atoms with E-state index in [1.165, 1.54) is 25.8 Å². The summed E-state index contributed by atoms with van der Waals surface area (Å²) < 4.78 is 5.59. The van der Waals surface area contributed by atoms with Gasteiger partial charge in [-0.25, -0.2) is 0 Å². The minimum absolute atomic E-state index is 0.282. The quantitative estimate of drug-likeness (QED) is 0.755. The first kappa shape index (κ1) is 12.9. The highest BCUT2D eigenvalue weighted by molar-refractivity contribution is 4.82. The van der Waals surface area contributed by atoms with Gasteiger partial charge in [0.05, 0.1) is 12.7 Å². The fourth-order valence-electron chi connectivity index (χ4n) is 2.30. The summed E-state index contributed by atoms with van der Waals surface area (Å²) in [4.78, 5) is 2.50. The Bertz CT molecular complexity index is 171. The predicted octanol–water partition coefficient (Wildman–Crippen LogP) is 1.61. The van der Waals surface area contributed by atoms with E-state index < -0.39 is 0 Å². The van der Waals surface area contributed by atoms with Gasteiger partial charge in [-0.1, -0.05) is 6.42 Å². The number of rotatable bonds is 5. The summed E-state index contributed by atoms with van der Waals surface area (Å²) in [6, 6.07) is 0.846. The lowest BCUT2D eigenvalue weighted by atomic mass is 9.97. The maximum Gasteiger partial charge on any atom is 0.0597 e. The molecule has 3 nitrogen and oxygen atoms in total. The summed E-state index contributed by atoms with van der Waals surface area (Å²) in [5.41, 5.74) is 6.01. The maximum absolute atomic E-state index is 6.01. The van der Waals surface area contributed by atoms with Gasteiger partial charge < -0.3 is 10.5 Å². The van der Waals surface area contributed by atoms with E-state index in [1.807, 2.05) is 0 Å². The minimum atomic E-state index is 0.282. The molecule has 2 N–H and O–H groups in total. The second-order valence-electron chi connectivity index (χ2n) is 4.88. The lowest BCUT2D eigenvalue weighted by Gasteiger charge is -2.38. The number of hydrogen-bond acceptors (Lipinski definition) is 3. The standard InChI is InChI=1S/C12H26N2O/c1-10(2)15-9-8-14-7-5-4-6-12(14)11(3)13/h10-12H,4-9,13H2,1-3H3. The van der Waals surface area contributed by atoms with E-state index in [0.29, 0.717) is 12.1 Å². The molecule has 0 saturated carbocycles. The van der Waals surface area contributed by atoms with Crippen molar-refractivity contribution in [2.75, 3.05) is 19.7 Å². The van der Waals surface area contributed by atoms with Gasteiger partial charge in [-0.2, -0.15) is 0 Å². The van der Waals surface area contributed by atoms with E-state index in [1.54, 1.807) is 0 Å². The van der Waals surface area contributed by atoms with Gasteiger partial charge in [-0.15, -0.1) is 0 Å². The van der Waals surface area contributed by atoms with E-state index >= 15 is 0 Å². The highest BCUT2D eigenvalue weighted by Crippen LogP contribution is 2.18. The molecule has 2 atom stereocenters. The second kappa shape index (κ2) is 6.46. The third-order valence-corrected chi connectivity index (χ3v) is 3.10. The average Bonchev–Trinajstić information content (AvgIpc) is 2.17. The molecule has 15 heavy (non-hydrogen) atoms. The highest BCUT2D eigenvalue weighted by atomic mass is 16.5. The predicted molar refractivity (Wildman–Crippen MR) is 63.9 cm³/mol. The summed E-state index contributed by atoms with van der Waals surface area (Å²) in [7, 11) is 0. The Balaban J connectivity index is 2.29. The van der Waals surface area contributed by atoms with E-state index in [-0.39, 0.29) is 6.04 Å². The van der Waals surface area contributed by atoms with Crippen LogP contribution < -0.4 is 5.73 Å². The van der Waals surface area contributed by atoms with Gasteiger partial charge in [0.2, 0.25) is 0 Å². The molecule has 0 bridgehead atoms. The Morgan fingerprint density at radius 3 is 2.67 bits per heavy atom. The van der Waals surface area contributed by atoms with Gasteiger partial charge in [-0.05, 0) is 40.2 Å². The van der Waals surface area contributed by atoms with Crippen molar-refractivity contribution in [1.82, 2.24) is 4.90 Å². The Morgan fingerprint density at radius 1 is 1.33 bits per heavy atom. The van der Waals surface area contributed by atoms with Crippen molar-refractivity contribution in [2.24, 2.45) is 5.73 Å². The van der Waals surface area contributed by atoms with Gasteiger partial charge in [0.1, 0.15) is 0 Å². The van der Waals surface area contributed by atoms with Gasteiger partial charge in [0, 0.05) is 18.6 Å². The molecule has 90 valence electrons. The van der Waals surface area contributed by atoms with Crippen LogP contribution in [-0.2, 0) is 4.74 Å². The first-order chi connectivity index (χ1) is 7.11. The molecule has 1 heterocycles. The van der Waals surface area contributed by atoms with E-state index in [2.05, 4.69) is 25.7 Å². The van der Waals surface area contributed by atoms with Gasteiger partial charge in [0.15, 0.2) is 0 Å². The maximum atomic E-state index is 6.01. The van der Waals surface area contributed by atoms with Crippen LogP contribution >= 0.6 is 0 Å². The minimum Gasteiger partial charge on any atom is -0.377 e. The summed E-state index contributed by atoms with van der Waals surface area (Å²) in [5.74, 6) is 0. The first-order valence-corrected chi connectivity index (χ1v) is 6.22. The molecular weight excluding hydrogens is 188 g/mol. The van der Waals surface area contributed by atoms with Crippen LogP contribution in [0, 0.1) is 0 Å². The van der Waals surface area contributed by atoms with Gasteiger partial charge >= 0.3 is 0 Å². The number of nitrogens with zero attached hydrogens (tertiary/aromatic N) is 1. The normalized spacial score (nSPS) is 25.8. The summed E-state index contributed by atoms with van der Waals surface area (Å²) >= 11 is 0. The molecule has 1 rings (SSSR count). The number of nitrogens with two attached hydrogens (primary N) is 1. The topological polar surface area (TPSA) is 38.5 Å².